The number of esters is 1. The zero-order valence-corrected chi connectivity index (χ0v) is 13.4. The van der Waals surface area contributed by atoms with Crippen molar-refractivity contribution in [3.8, 4) is 17.2 Å². The van der Waals surface area contributed by atoms with Crippen LogP contribution < -0.4 is 14.2 Å². The van der Waals surface area contributed by atoms with Gasteiger partial charge in [-0.3, -0.25) is 0 Å². The third-order valence-electron chi connectivity index (χ3n) is 3.16. The van der Waals surface area contributed by atoms with Crippen molar-refractivity contribution in [3.63, 3.8) is 0 Å². The molecule has 0 bridgehead atoms. The van der Waals surface area contributed by atoms with E-state index in [0.29, 0.717) is 23.9 Å². The first-order valence-corrected chi connectivity index (χ1v) is 7.23. The van der Waals surface area contributed by atoms with E-state index in [0.717, 1.165) is 5.56 Å². The maximum absolute atomic E-state index is 12.1. The molecule has 0 heterocycles. The van der Waals surface area contributed by atoms with Crippen LogP contribution in [0.15, 0.2) is 48.5 Å². The largest absolute Gasteiger partial charge is 0.493 e. The SMILES string of the molecule is COCc1ccc(OC(C)C(=O)Oc2ccccc2OC)cc1. The van der Waals surface area contributed by atoms with E-state index in [4.69, 9.17) is 18.9 Å². The Kier molecular flexibility index (Phi) is 6.00. The molecule has 1 atom stereocenters. The monoisotopic (exact) mass is 316 g/mol. The minimum Gasteiger partial charge on any atom is -0.493 e. The van der Waals surface area contributed by atoms with Gasteiger partial charge in [0.05, 0.1) is 13.7 Å². The fourth-order valence-electron chi connectivity index (χ4n) is 1.98. The van der Waals surface area contributed by atoms with Crippen LogP contribution in [0.5, 0.6) is 17.2 Å². The summed E-state index contributed by atoms with van der Waals surface area (Å²) >= 11 is 0. The number of benzene rings is 2. The molecule has 0 radical (unpaired) electrons. The van der Waals surface area contributed by atoms with Gasteiger partial charge in [0, 0.05) is 7.11 Å². The summed E-state index contributed by atoms with van der Waals surface area (Å²) in [7, 11) is 3.16. The summed E-state index contributed by atoms with van der Waals surface area (Å²) < 4.78 is 21.1. The number of para-hydroxylation sites is 2. The van der Waals surface area contributed by atoms with Gasteiger partial charge in [-0.25, -0.2) is 4.79 Å². The van der Waals surface area contributed by atoms with Gasteiger partial charge in [-0.15, -0.1) is 0 Å². The number of hydrogen-bond acceptors (Lipinski definition) is 5. The van der Waals surface area contributed by atoms with E-state index in [-0.39, 0.29) is 0 Å². The lowest BCUT2D eigenvalue weighted by Crippen LogP contribution is -2.28. The molecule has 0 amide bonds. The Labute approximate surface area is 135 Å². The number of methoxy groups -OCH3 is 2. The van der Waals surface area contributed by atoms with E-state index in [2.05, 4.69) is 0 Å². The van der Waals surface area contributed by atoms with Crippen LogP contribution in [-0.4, -0.2) is 26.3 Å². The fraction of sp³-hybridized carbons (Fsp3) is 0.278. The lowest BCUT2D eigenvalue weighted by molar-refractivity contribution is -0.141. The van der Waals surface area contributed by atoms with Crippen LogP contribution in [0.2, 0.25) is 0 Å². The Balaban J connectivity index is 1.96. The molecular weight excluding hydrogens is 296 g/mol. The minimum absolute atomic E-state index is 0.367. The molecule has 0 aliphatic carbocycles. The lowest BCUT2D eigenvalue weighted by Gasteiger charge is -2.15. The Morgan fingerprint density at radius 3 is 2.26 bits per heavy atom. The number of ether oxygens (including phenoxy) is 4. The summed E-state index contributed by atoms with van der Waals surface area (Å²) in [5, 5.41) is 0. The molecule has 1 unspecified atom stereocenters. The molecule has 2 rings (SSSR count). The topological polar surface area (TPSA) is 54.0 Å². The second-order valence-electron chi connectivity index (χ2n) is 4.91. The number of carbonyl (C=O) groups excluding carboxylic acids is 1. The third-order valence-corrected chi connectivity index (χ3v) is 3.16. The summed E-state index contributed by atoms with van der Waals surface area (Å²) in [6, 6.07) is 14.3. The van der Waals surface area contributed by atoms with Gasteiger partial charge in [0.1, 0.15) is 5.75 Å². The standard InChI is InChI=1S/C18H20O5/c1-13(22-15-10-8-14(9-11-15)12-20-2)18(19)23-17-7-5-4-6-16(17)21-3/h4-11,13H,12H2,1-3H3. The first-order valence-electron chi connectivity index (χ1n) is 7.23. The van der Waals surface area contributed by atoms with Crippen molar-refractivity contribution in [3.05, 3.63) is 54.1 Å². The maximum atomic E-state index is 12.1. The van der Waals surface area contributed by atoms with Crippen LogP contribution in [0, 0.1) is 0 Å². The van der Waals surface area contributed by atoms with Crippen LogP contribution in [0.1, 0.15) is 12.5 Å². The molecular formula is C18H20O5. The van der Waals surface area contributed by atoms with E-state index >= 15 is 0 Å². The smallest absolute Gasteiger partial charge is 0.352 e. The lowest BCUT2D eigenvalue weighted by atomic mass is 10.2. The van der Waals surface area contributed by atoms with E-state index in [1.54, 1.807) is 50.4 Å². The highest BCUT2D eigenvalue weighted by Gasteiger charge is 2.19. The Hall–Kier alpha value is -2.53. The molecule has 0 saturated heterocycles. The van der Waals surface area contributed by atoms with Crippen molar-refractivity contribution in [2.45, 2.75) is 19.6 Å². The van der Waals surface area contributed by atoms with Gasteiger partial charge in [0.15, 0.2) is 17.6 Å². The van der Waals surface area contributed by atoms with Gasteiger partial charge in [0.2, 0.25) is 0 Å². The second-order valence-corrected chi connectivity index (χ2v) is 4.91. The van der Waals surface area contributed by atoms with Crippen molar-refractivity contribution in [2.75, 3.05) is 14.2 Å². The molecule has 0 aromatic heterocycles. The predicted molar refractivity (Wildman–Crippen MR) is 85.9 cm³/mol. The first-order chi connectivity index (χ1) is 11.1. The highest BCUT2D eigenvalue weighted by Crippen LogP contribution is 2.26. The Morgan fingerprint density at radius 2 is 1.65 bits per heavy atom. The van der Waals surface area contributed by atoms with Gasteiger partial charge in [0.25, 0.3) is 0 Å². The fourth-order valence-corrected chi connectivity index (χ4v) is 1.98. The summed E-state index contributed by atoms with van der Waals surface area (Å²) in [5.41, 5.74) is 1.03. The van der Waals surface area contributed by atoms with Crippen LogP contribution in [0.25, 0.3) is 0 Å². The van der Waals surface area contributed by atoms with Crippen molar-refractivity contribution >= 4 is 5.97 Å². The molecule has 122 valence electrons. The molecule has 23 heavy (non-hydrogen) atoms. The molecule has 0 aliphatic heterocycles. The van der Waals surface area contributed by atoms with Gasteiger partial charge in [-0.2, -0.15) is 0 Å². The minimum atomic E-state index is -0.742. The number of carbonyl (C=O) groups is 1. The molecule has 2 aromatic rings. The number of rotatable bonds is 7. The molecule has 0 aliphatic rings. The van der Waals surface area contributed by atoms with E-state index in [1.807, 2.05) is 12.1 Å². The molecule has 0 spiro atoms. The highest BCUT2D eigenvalue weighted by atomic mass is 16.6. The third kappa shape index (κ3) is 4.72. The molecule has 0 saturated carbocycles. The van der Waals surface area contributed by atoms with E-state index < -0.39 is 12.1 Å². The summed E-state index contributed by atoms with van der Waals surface area (Å²) in [6.45, 7) is 2.17. The van der Waals surface area contributed by atoms with Gasteiger partial charge in [-0.1, -0.05) is 24.3 Å². The molecule has 0 fully saturated rings. The highest BCUT2D eigenvalue weighted by molar-refractivity contribution is 5.77. The Morgan fingerprint density at radius 1 is 1.00 bits per heavy atom. The molecule has 2 aromatic carbocycles. The first kappa shape index (κ1) is 16.8. The average Bonchev–Trinajstić information content (AvgIpc) is 2.57. The summed E-state index contributed by atoms with van der Waals surface area (Å²) in [5.74, 6) is 0.965. The maximum Gasteiger partial charge on any atom is 0.352 e. The van der Waals surface area contributed by atoms with Gasteiger partial charge < -0.3 is 18.9 Å². The van der Waals surface area contributed by atoms with Crippen molar-refractivity contribution in [2.24, 2.45) is 0 Å². The van der Waals surface area contributed by atoms with Crippen molar-refractivity contribution < 1.29 is 23.7 Å². The van der Waals surface area contributed by atoms with E-state index in [1.165, 1.54) is 7.11 Å². The molecule has 0 N–H and O–H groups in total. The zero-order valence-electron chi connectivity index (χ0n) is 13.4. The number of hydrogen-bond donors (Lipinski definition) is 0. The predicted octanol–water partition coefficient (Wildman–Crippen LogP) is 3.21. The summed E-state index contributed by atoms with van der Waals surface area (Å²) in [6.07, 6.45) is -0.742. The Bertz CT molecular complexity index is 636. The quantitative estimate of drug-likeness (QED) is 0.580. The molecule has 5 nitrogen and oxygen atoms in total. The van der Waals surface area contributed by atoms with Crippen LogP contribution >= 0.6 is 0 Å². The average molecular weight is 316 g/mol. The van der Waals surface area contributed by atoms with Crippen LogP contribution in [0.4, 0.5) is 0 Å². The van der Waals surface area contributed by atoms with E-state index in [9.17, 15) is 4.79 Å². The van der Waals surface area contributed by atoms with Crippen molar-refractivity contribution in [1.82, 2.24) is 0 Å². The van der Waals surface area contributed by atoms with Gasteiger partial charge >= 0.3 is 5.97 Å². The van der Waals surface area contributed by atoms with Crippen molar-refractivity contribution in [1.29, 1.82) is 0 Å². The van der Waals surface area contributed by atoms with Gasteiger partial charge in [-0.05, 0) is 36.8 Å². The normalized spacial score (nSPS) is 11.6. The second kappa shape index (κ2) is 8.19. The van der Waals surface area contributed by atoms with Crippen LogP contribution in [-0.2, 0) is 16.1 Å². The zero-order chi connectivity index (χ0) is 16.7. The summed E-state index contributed by atoms with van der Waals surface area (Å²) in [4.78, 5) is 12.1. The molecule has 5 heteroatoms. The van der Waals surface area contributed by atoms with Crippen LogP contribution in [0.3, 0.4) is 0 Å².